The highest BCUT2D eigenvalue weighted by Gasteiger charge is 2.59. The first-order valence-electron chi connectivity index (χ1n) is 22.4. The van der Waals surface area contributed by atoms with E-state index in [0.29, 0.717) is 18.4 Å². The van der Waals surface area contributed by atoms with E-state index >= 15 is 0 Å². The number of amides is 1. The van der Waals surface area contributed by atoms with Crippen LogP contribution in [0.15, 0.2) is 109 Å². The predicted octanol–water partition coefficient (Wildman–Crippen LogP) is 6.61. The minimum atomic E-state index is -1.67. The number of hydrogen-bond donors (Lipinski definition) is 1. The minimum absolute atomic E-state index is 0.0947. The molecule has 67 heavy (non-hydrogen) atoms. The van der Waals surface area contributed by atoms with Crippen LogP contribution in [-0.4, -0.2) is 124 Å². The van der Waals surface area contributed by atoms with Gasteiger partial charge in [-0.2, -0.15) is 0 Å². The molecule has 15 atom stereocenters. The highest BCUT2D eigenvalue weighted by atomic mass is 16.8. The van der Waals surface area contributed by atoms with Crippen LogP contribution in [0.25, 0.3) is 10.4 Å². The molecule has 6 unspecified atom stereocenters. The first-order chi connectivity index (χ1) is 32.7. The second-order valence-corrected chi connectivity index (χ2v) is 16.3. The van der Waals surface area contributed by atoms with E-state index in [-0.39, 0.29) is 26.4 Å². The molecule has 1 amide bonds. The van der Waals surface area contributed by atoms with Crippen LogP contribution < -0.4 is 5.32 Å². The maximum Gasteiger partial charge on any atom is 0.509 e. The van der Waals surface area contributed by atoms with Crippen LogP contribution in [0.4, 0.5) is 9.59 Å². The van der Waals surface area contributed by atoms with Crippen LogP contribution in [0.3, 0.4) is 0 Å². The maximum atomic E-state index is 14.1. The van der Waals surface area contributed by atoms with Gasteiger partial charge < -0.3 is 62.2 Å². The number of carbonyl (C=O) groups is 3. The zero-order chi connectivity index (χ0) is 47.3. The number of rotatable bonds is 20. The third-order valence-electron chi connectivity index (χ3n) is 12.0. The van der Waals surface area contributed by atoms with Crippen LogP contribution in [0.2, 0.25) is 0 Å². The number of carbonyl (C=O) groups excluding carboxylic acids is 3. The van der Waals surface area contributed by atoms with Crippen LogP contribution >= 0.6 is 0 Å². The van der Waals surface area contributed by atoms with Crippen molar-refractivity contribution in [2.75, 3.05) is 13.7 Å². The van der Waals surface area contributed by atoms with E-state index in [4.69, 9.17) is 56.8 Å². The fourth-order valence-corrected chi connectivity index (χ4v) is 8.73. The smallest absolute Gasteiger partial charge is 0.467 e. The second kappa shape index (κ2) is 23.9. The first kappa shape index (κ1) is 49.3. The Bertz CT molecular complexity index is 2120. The van der Waals surface area contributed by atoms with Crippen molar-refractivity contribution in [2.45, 2.75) is 145 Å². The van der Waals surface area contributed by atoms with Gasteiger partial charge in [0, 0.05) is 4.91 Å². The number of benzene rings is 3. The Hall–Kier alpha value is -5.60. The van der Waals surface area contributed by atoms with Crippen LogP contribution in [0.1, 0.15) is 50.3 Å². The molecule has 0 aromatic heterocycles. The summed E-state index contributed by atoms with van der Waals surface area (Å²) in [5.74, 6) is -0.920. The molecule has 0 bridgehead atoms. The van der Waals surface area contributed by atoms with Gasteiger partial charge in [0.05, 0.1) is 51.3 Å². The van der Waals surface area contributed by atoms with Crippen molar-refractivity contribution in [1.82, 2.24) is 5.32 Å². The van der Waals surface area contributed by atoms with Gasteiger partial charge >= 0.3 is 18.2 Å². The van der Waals surface area contributed by atoms with Crippen molar-refractivity contribution < 1.29 is 71.2 Å². The molecule has 360 valence electrons. The number of esters is 1. The van der Waals surface area contributed by atoms with Gasteiger partial charge in [-0.3, -0.25) is 0 Å². The molecule has 4 fully saturated rings. The van der Waals surface area contributed by atoms with E-state index in [1.807, 2.05) is 112 Å². The van der Waals surface area contributed by atoms with Gasteiger partial charge in [-0.1, -0.05) is 123 Å². The van der Waals surface area contributed by atoms with E-state index in [1.54, 1.807) is 0 Å². The largest absolute Gasteiger partial charge is 0.509 e. The van der Waals surface area contributed by atoms with E-state index in [2.05, 4.69) is 21.9 Å². The Morgan fingerprint density at radius 2 is 1.30 bits per heavy atom. The number of fused-ring (bicyclic) bond motifs is 1. The van der Waals surface area contributed by atoms with Gasteiger partial charge in [-0.05, 0) is 42.0 Å². The summed E-state index contributed by atoms with van der Waals surface area (Å²) in [6.45, 7) is 9.18. The molecular weight excluding hydrogens is 873 g/mol. The van der Waals surface area contributed by atoms with Crippen LogP contribution in [0, 0.1) is 0 Å². The summed E-state index contributed by atoms with van der Waals surface area (Å²) in [5, 5.41) is 6.96. The van der Waals surface area contributed by atoms with Crippen LogP contribution in [0.5, 0.6) is 0 Å². The summed E-state index contributed by atoms with van der Waals surface area (Å²) in [6.07, 6.45) is -14.4. The topological polar surface area (TPSA) is 223 Å². The highest BCUT2D eigenvalue weighted by Crippen LogP contribution is 2.39. The van der Waals surface area contributed by atoms with Gasteiger partial charge in [-0.15, -0.1) is 0 Å². The molecule has 19 heteroatoms. The number of nitrogens with zero attached hydrogens (tertiary/aromatic N) is 3. The van der Waals surface area contributed by atoms with Crippen molar-refractivity contribution in [2.24, 2.45) is 5.11 Å². The molecule has 4 saturated heterocycles. The third-order valence-corrected chi connectivity index (χ3v) is 12.0. The summed E-state index contributed by atoms with van der Waals surface area (Å²) in [6, 6.07) is 26.3. The monoisotopic (exact) mass is 930 g/mol. The molecule has 0 radical (unpaired) electrons. The zero-order valence-corrected chi connectivity index (χ0v) is 37.8. The summed E-state index contributed by atoms with van der Waals surface area (Å²) < 4.78 is 75.2. The van der Waals surface area contributed by atoms with Crippen molar-refractivity contribution in [3.63, 3.8) is 0 Å². The standard InChI is InChI=1S/C48H58N4O15/c1-6-24-57-48(55)67-43-40(60-27-31-22-16-11-17-23-31)41(42(44(53)56-5)65-46(43)63-37-33(8-3)61-28(4)34-39(37)66-47(54)50-34)64-45-35(51-52-49)38(59-26-30-20-14-10-15-21-30)36(32(7-2)62-45)58-25-29-18-12-9-13-19-29/h6,9-23,28,32-43,45-46H,1,7-8,24-27H2,2-5H3,(H,50,54)/t28-,32?,33?,34+,35?,36+,37+,38+,39?,40+,41-,42?,43?,45+,46+/m0/s1. The molecule has 0 saturated carbocycles. The van der Waals surface area contributed by atoms with Gasteiger partial charge in [0.2, 0.25) is 0 Å². The average Bonchev–Trinajstić information content (AvgIpc) is 3.76. The third kappa shape index (κ3) is 12.1. The molecule has 7 rings (SSSR count). The summed E-state index contributed by atoms with van der Waals surface area (Å²) >= 11 is 0. The number of nitrogens with one attached hydrogen (secondary N) is 1. The Balaban J connectivity index is 1.28. The second-order valence-electron chi connectivity index (χ2n) is 16.3. The lowest BCUT2D eigenvalue weighted by molar-refractivity contribution is -0.360. The van der Waals surface area contributed by atoms with Gasteiger partial charge in [0.1, 0.15) is 43.2 Å². The van der Waals surface area contributed by atoms with Crippen molar-refractivity contribution in [3.05, 3.63) is 131 Å². The number of ether oxygens (including phenoxy) is 12. The molecular formula is C48H58N4O15. The zero-order valence-electron chi connectivity index (χ0n) is 37.8. The molecule has 0 aliphatic carbocycles. The van der Waals surface area contributed by atoms with Crippen molar-refractivity contribution >= 4 is 18.2 Å². The summed E-state index contributed by atoms with van der Waals surface area (Å²) in [5.41, 5.74) is 12.6. The lowest BCUT2D eigenvalue weighted by Crippen LogP contribution is -2.68. The molecule has 0 spiro atoms. The Kier molecular flexibility index (Phi) is 17.6. The molecule has 1 N–H and O–H groups in total. The Morgan fingerprint density at radius 1 is 0.746 bits per heavy atom. The molecule has 3 aromatic carbocycles. The fourth-order valence-electron chi connectivity index (χ4n) is 8.73. The molecule has 3 aromatic rings. The Morgan fingerprint density at radius 3 is 1.85 bits per heavy atom. The lowest BCUT2D eigenvalue weighted by Gasteiger charge is -2.50. The van der Waals surface area contributed by atoms with Crippen molar-refractivity contribution in [1.29, 1.82) is 0 Å². The number of hydrogen-bond acceptors (Lipinski definition) is 16. The normalized spacial score (nSPS) is 32.4. The number of alkyl carbamates (subject to hydrolysis) is 1. The minimum Gasteiger partial charge on any atom is -0.467 e. The summed E-state index contributed by atoms with van der Waals surface area (Å²) in [4.78, 5) is 43.5. The van der Waals surface area contributed by atoms with Crippen LogP contribution in [-0.2, 0) is 81.5 Å². The van der Waals surface area contributed by atoms with E-state index < -0.39 is 110 Å². The van der Waals surface area contributed by atoms with Gasteiger partial charge in [-0.25, -0.2) is 14.4 Å². The fraction of sp³-hybridized carbons (Fsp3) is 0.521. The molecule has 19 nitrogen and oxygen atoms in total. The molecule has 4 heterocycles. The van der Waals surface area contributed by atoms with E-state index in [0.717, 1.165) is 11.1 Å². The first-order valence-corrected chi connectivity index (χ1v) is 22.4. The van der Waals surface area contributed by atoms with Gasteiger partial charge in [0.15, 0.2) is 30.9 Å². The maximum absolute atomic E-state index is 14.1. The number of methoxy groups -OCH3 is 1. The molecule has 4 aliphatic heterocycles. The SMILES string of the molecule is C=CCOC(=O)OC1[C@H](O[C@@H]2C(CC)O[C@@H](C)[C@H]3NC(=O)OC23)OC(C(=O)OC)[C@@H](O[C@H]2OC(CC)[C@@H](OCc3ccccc3)[C@H](OCc3ccccc3)C2N=[N+]=[N-])[C@H]1OCc1ccccc1. The van der Waals surface area contributed by atoms with Gasteiger partial charge in [0.25, 0.3) is 0 Å². The lowest BCUT2D eigenvalue weighted by atomic mass is 9.92. The van der Waals surface area contributed by atoms with E-state index in [9.17, 15) is 19.9 Å². The molecule has 4 aliphatic rings. The van der Waals surface area contributed by atoms with E-state index in [1.165, 1.54) is 13.2 Å². The quantitative estimate of drug-likeness (QED) is 0.0315. The summed E-state index contributed by atoms with van der Waals surface area (Å²) in [7, 11) is 1.17. The highest BCUT2D eigenvalue weighted by molar-refractivity contribution is 5.75. The number of azide groups is 1. The Labute approximate surface area is 388 Å². The average molecular weight is 931 g/mol. The predicted molar refractivity (Wildman–Crippen MR) is 236 cm³/mol. The van der Waals surface area contributed by atoms with Crippen molar-refractivity contribution in [3.8, 4) is 0 Å².